The maximum absolute atomic E-state index is 16.5. The first-order valence-electron chi connectivity index (χ1n) is 35.5. The summed E-state index contributed by atoms with van der Waals surface area (Å²) in [6.45, 7) is 41.0. The first-order chi connectivity index (χ1) is 46.9. The molecule has 0 aliphatic heterocycles. The van der Waals surface area contributed by atoms with Crippen LogP contribution in [-0.2, 0) is 19.6 Å². The zero-order valence-corrected chi connectivity index (χ0v) is 64.3. The first kappa shape index (κ1) is 71.1. The van der Waals surface area contributed by atoms with Gasteiger partial charge in [-0.2, -0.15) is 0 Å². The number of phenolic OH excluding ortho intramolecular Hbond substituents is 2. The van der Waals surface area contributed by atoms with Crippen LogP contribution in [0.4, 0.5) is 8.78 Å². The summed E-state index contributed by atoms with van der Waals surface area (Å²) in [4.78, 5) is 0. The third-order valence-electron chi connectivity index (χ3n) is 21.1. The zero-order valence-electron chi connectivity index (χ0n) is 62.3. The van der Waals surface area contributed by atoms with Crippen molar-refractivity contribution in [1.29, 1.82) is 0 Å². The Morgan fingerprint density at radius 1 is 0.390 bits per heavy atom. The minimum Gasteiger partial charge on any atom is -0.711 e. The molecule has 0 fully saturated rings. The number of phenols is 2. The number of aromatic hydroxyl groups is 2. The highest BCUT2D eigenvalue weighted by molar-refractivity contribution is 7.01. The molecule has 100 heavy (non-hydrogen) atoms. The molecule has 12 rings (SSSR count). The molecule has 2 aromatic heterocycles. The molecule has 6 nitrogen and oxygen atoms in total. The van der Waals surface area contributed by atoms with Crippen molar-refractivity contribution in [2.75, 3.05) is 13.2 Å². The van der Waals surface area contributed by atoms with E-state index in [1.807, 2.05) is 13.8 Å². The summed E-state index contributed by atoms with van der Waals surface area (Å²) in [5, 5.41) is 36.3. The van der Waals surface area contributed by atoms with Gasteiger partial charge in [0.1, 0.15) is 52.5 Å². The third-order valence-corrected chi connectivity index (χ3v) is 28.2. The molecule has 10 heteroatoms. The van der Waals surface area contributed by atoms with E-state index in [0.29, 0.717) is 82.3 Å². The standard InChI is InChI=1S/C90H102F2N2O4Si2/c1-57-33-37-69-71-39-35-67(99(17,18)65-29-23-21-24-30-65)53-79(71)93(77(69)43-57)81-49-61(89(11,12)55-87(5,6)7)47-73(83(81)95)75-51-63(91)45-59(3)85(75)97(15)41-27-28-42-98(16)86-60(4)46-64(92)52-76(86)74-48-62(90(13,14)56-88(8,9)10)50-82(84(74)96)94-78-44-58(2)34-38-70(78)72-40-36-68(54-80(72)94)100(19,20)66-31-25-22-26-32-66/h21-26,29-40,43-54,95-96H,15-16,27-28,41-42,55-56H2,1-14,17-20H3. The lowest BCUT2D eigenvalue weighted by Gasteiger charge is -2.35. The van der Waals surface area contributed by atoms with E-state index in [1.54, 1.807) is 0 Å². The highest BCUT2D eigenvalue weighted by atomic mass is 28.3. The van der Waals surface area contributed by atoms with Crippen LogP contribution in [0.15, 0.2) is 182 Å². The Kier molecular flexibility index (Phi) is 18.7. The van der Waals surface area contributed by atoms with Crippen molar-refractivity contribution < 1.29 is 27.7 Å². The number of rotatable bonds is 19. The lowest BCUT2D eigenvalue weighted by Crippen LogP contribution is -2.52. The van der Waals surface area contributed by atoms with E-state index in [-0.39, 0.29) is 33.2 Å². The van der Waals surface area contributed by atoms with Gasteiger partial charge < -0.3 is 28.1 Å². The van der Waals surface area contributed by atoms with Gasteiger partial charge in [-0.05, 0) is 171 Å². The minimum atomic E-state index is -2.21. The van der Waals surface area contributed by atoms with E-state index in [9.17, 15) is 10.2 Å². The quantitative estimate of drug-likeness (QED) is 0.0367. The maximum atomic E-state index is 16.5. The molecule has 2 N–H and O–H groups in total. The molecule has 12 aromatic rings. The van der Waals surface area contributed by atoms with Crippen molar-refractivity contribution in [3.63, 3.8) is 0 Å². The lowest BCUT2D eigenvalue weighted by atomic mass is 9.71. The third kappa shape index (κ3) is 13.6. The molecular weight excluding hydrogens is 1270 g/mol. The molecule has 0 spiro atoms. The number of aromatic nitrogens is 2. The fourth-order valence-electron chi connectivity index (χ4n) is 16.6. The number of unbranched alkanes of at least 4 members (excludes halogenated alkanes) is 1. The van der Waals surface area contributed by atoms with Crippen LogP contribution in [0.25, 0.3) is 77.2 Å². The Hall–Kier alpha value is -8.71. The Balaban J connectivity index is 0.925. The highest BCUT2D eigenvalue weighted by Crippen LogP contribution is 2.52. The molecule has 0 saturated heterocycles. The highest BCUT2D eigenvalue weighted by Gasteiger charge is 2.36. The van der Waals surface area contributed by atoms with Crippen LogP contribution < -0.4 is 20.7 Å². The molecule has 0 radical (unpaired) electrons. The SMILES string of the molecule is [CH2-][O+](CCCC[O+]([CH2-])c1c(C)cc(F)cc1-c1cc(C(C)(C)CC(C)(C)C)cc(-n2c3cc(C)ccc3c3ccc([Si](C)(C)c4ccccc4)cc32)c1O)c1c(C)cc(F)cc1-c1cc(C(C)(C)CC(C)(C)C)cc(-n2c3cc(C)ccc3c3ccc([Si](C)(C)c4ccccc4)cc32)c1O. The smallest absolute Gasteiger partial charge is 0.237 e. The molecule has 10 aromatic carbocycles. The summed E-state index contributed by atoms with van der Waals surface area (Å²) >= 11 is 0. The van der Waals surface area contributed by atoms with E-state index in [4.69, 9.17) is 0 Å². The number of hydrogen-bond donors (Lipinski definition) is 2. The molecular formula is C90H102F2N2O4Si2. The molecule has 518 valence electrons. The fraction of sp³-hybridized carbons (Fsp3) is 0.311. The second-order valence-corrected chi connectivity index (χ2v) is 42.3. The van der Waals surface area contributed by atoms with Gasteiger partial charge in [-0.3, -0.25) is 0 Å². The normalized spacial score (nSPS) is 12.8. The topological polar surface area (TPSA) is 55.7 Å². The van der Waals surface area contributed by atoms with Crippen LogP contribution in [0.3, 0.4) is 0 Å². The van der Waals surface area contributed by atoms with Gasteiger partial charge in [0.05, 0.1) is 44.6 Å². The van der Waals surface area contributed by atoms with Crippen LogP contribution in [0.5, 0.6) is 23.0 Å². The van der Waals surface area contributed by atoms with Crippen LogP contribution in [0.2, 0.25) is 26.2 Å². The average Bonchev–Trinajstić information content (AvgIpc) is 1.54. The minimum absolute atomic E-state index is 0.0422. The summed E-state index contributed by atoms with van der Waals surface area (Å²) in [7, 11) is 4.80. The van der Waals surface area contributed by atoms with Crippen molar-refractivity contribution in [2.45, 2.75) is 160 Å². The van der Waals surface area contributed by atoms with Crippen molar-refractivity contribution in [3.05, 3.63) is 241 Å². The van der Waals surface area contributed by atoms with E-state index in [0.717, 1.165) is 78.7 Å². The van der Waals surface area contributed by atoms with Crippen molar-refractivity contribution in [1.82, 2.24) is 9.13 Å². The van der Waals surface area contributed by atoms with Gasteiger partial charge >= 0.3 is 0 Å². The number of aryl methyl sites for hydroxylation is 4. The Bertz CT molecular complexity index is 4800. The predicted octanol–water partition coefficient (Wildman–Crippen LogP) is 22.8. The molecule has 0 aliphatic carbocycles. The van der Waals surface area contributed by atoms with Crippen LogP contribution in [0.1, 0.15) is 128 Å². The monoisotopic (exact) mass is 1370 g/mol. The van der Waals surface area contributed by atoms with Crippen molar-refractivity contribution in [3.8, 4) is 56.6 Å². The molecule has 0 unspecified atom stereocenters. The first-order valence-corrected chi connectivity index (χ1v) is 41.5. The van der Waals surface area contributed by atoms with Gasteiger partial charge in [-0.15, -0.1) is 0 Å². The van der Waals surface area contributed by atoms with Gasteiger partial charge in [-0.25, -0.2) is 8.78 Å². The largest absolute Gasteiger partial charge is 0.711 e. The summed E-state index contributed by atoms with van der Waals surface area (Å²) in [5.41, 5.74) is 11.9. The lowest BCUT2D eigenvalue weighted by molar-refractivity contribution is 0.00432. The number of benzene rings is 10. The van der Waals surface area contributed by atoms with Crippen molar-refractivity contribution >= 4 is 80.5 Å². The second-order valence-electron chi connectivity index (χ2n) is 33.5. The van der Waals surface area contributed by atoms with Gasteiger partial charge in [-0.1, -0.05) is 225 Å². The molecule has 0 saturated carbocycles. The summed E-state index contributed by atoms with van der Waals surface area (Å²) in [6, 6.07) is 63.1. The Morgan fingerprint density at radius 3 is 1.06 bits per heavy atom. The van der Waals surface area contributed by atoms with Gasteiger partial charge in [0.2, 0.25) is 11.5 Å². The van der Waals surface area contributed by atoms with E-state index in [2.05, 4.69) is 299 Å². The fourth-order valence-corrected chi connectivity index (χ4v) is 21.3. The number of nitrogens with zero attached hydrogens (tertiary/aromatic N) is 2. The molecule has 0 aliphatic rings. The molecule has 0 atom stereocenters. The molecule has 0 amide bonds. The van der Waals surface area contributed by atoms with Crippen LogP contribution in [0, 0.1) is 64.4 Å². The zero-order chi connectivity index (χ0) is 72.1. The number of halogens is 2. The second kappa shape index (κ2) is 26.4. The molecule has 2 heterocycles. The number of hydrogen-bond acceptors (Lipinski definition) is 2. The van der Waals surface area contributed by atoms with Crippen LogP contribution >= 0.6 is 0 Å². The summed E-state index contributed by atoms with van der Waals surface area (Å²) in [6.07, 6.45) is 2.88. The van der Waals surface area contributed by atoms with E-state index in [1.165, 1.54) is 45.0 Å². The van der Waals surface area contributed by atoms with Gasteiger partial charge in [0.25, 0.3) is 0 Å². The average molecular weight is 1370 g/mol. The predicted molar refractivity (Wildman–Crippen MR) is 426 cm³/mol. The van der Waals surface area contributed by atoms with E-state index < -0.39 is 27.8 Å². The summed E-state index contributed by atoms with van der Waals surface area (Å²) in [5.74, 6) is 0.516. The van der Waals surface area contributed by atoms with Gasteiger partial charge in [0.15, 0.2) is 0 Å². The summed E-state index contributed by atoms with van der Waals surface area (Å²) < 4.78 is 43.6. The van der Waals surface area contributed by atoms with Gasteiger partial charge in [0, 0.05) is 56.6 Å². The van der Waals surface area contributed by atoms with E-state index >= 15 is 8.78 Å². The number of fused-ring (bicyclic) bond motifs is 6. The van der Waals surface area contributed by atoms with Crippen LogP contribution in [-0.4, -0.2) is 48.7 Å². The maximum Gasteiger partial charge on any atom is 0.237 e. The van der Waals surface area contributed by atoms with Crippen molar-refractivity contribution in [2.24, 2.45) is 10.8 Å². The molecule has 0 bridgehead atoms. The Morgan fingerprint density at radius 2 is 0.720 bits per heavy atom. The Labute approximate surface area is 595 Å².